The van der Waals surface area contributed by atoms with Crippen molar-refractivity contribution in [3.8, 4) is 0 Å². The number of nitrogens with two attached hydrogens (primary N) is 2. The quantitative estimate of drug-likeness (QED) is 0.0970. The second-order valence-corrected chi connectivity index (χ2v) is 9.70. The van der Waals surface area contributed by atoms with E-state index in [2.05, 4.69) is 15.5 Å². The molecule has 208 valence electrons. The molecule has 1 heterocycles. The fourth-order valence-corrected chi connectivity index (χ4v) is 4.14. The van der Waals surface area contributed by atoms with E-state index in [-0.39, 0.29) is 18.0 Å². The van der Waals surface area contributed by atoms with Gasteiger partial charge in [0.05, 0.1) is 35.7 Å². The van der Waals surface area contributed by atoms with Crippen molar-refractivity contribution >= 4 is 23.8 Å². The highest BCUT2D eigenvalue weighted by Crippen LogP contribution is 2.21. The van der Waals surface area contributed by atoms with Crippen LogP contribution in [0.2, 0.25) is 0 Å². The van der Waals surface area contributed by atoms with E-state index in [1.165, 1.54) is 6.08 Å². The van der Waals surface area contributed by atoms with Gasteiger partial charge >= 0.3 is 0 Å². The molecule has 1 fully saturated rings. The molecule has 0 unspecified atom stereocenters. The van der Waals surface area contributed by atoms with Gasteiger partial charge in [-0.2, -0.15) is 0 Å². The molecule has 1 aliphatic heterocycles. The number of primary amides is 1. The standard InChI is InChI=1S/C27H44FN5O3S/c1-4-5-6-10-23(20-28)26(35)31-11-7-9-22(18-21(2)3)19-24(25(29)34)27(37-30)32-12-8-13-33-14-16-36-17-15-33/h6-7,9-10,18,20-21,32H,4-5,8,11-17,19,30H2,1-3H3,(H2,29,34)(H,31,35)/b9-7-,10-6-,22-18+,23-20+,27-24+. The van der Waals surface area contributed by atoms with Crippen LogP contribution >= 0.6 is 11.9 Å². The fraction of sp³-hybridized carbons (Fsp3) is 0.556. The minimum Gasteiger partial charge on any atom is -0.379 e. The molecule has 0 aromatic heterocycles. The van der Waals surface area contributed by atoms with Gasteiger partial charge in [0.2, 0.25) is 5.91 Å². The highest BCUT2D eigenvalue weighted by atomic mass is 32.2. The zero-order valence-corrected chi connectivity index (χ0v) is 23.2. The summed E-state index contributed by atoms with van der Waals surface area (Å²) >= 11 is 0.977. The molecule has 1 rings (SSSR count). The Morgan fingerprint density at radius 3 is 2.49 bits per heavy atom. The van der Waals surface area contributed by atoms with Gasteiger partial charge in [-0.25, -0.2) is 4.39 Å². The van der Waals surface area contributed by atoms with Crippen LogP contribution in [0.3, 0.4) is 0 Å². The third-order valence-corrected chi connectivity index (χ3v) is 6.13. The van der Waals surface area contributed by atoms with Gasteiger partial charge in [-0.05, 0) is 42.8 Å². The molecule has 8 nitrogen and oxygen atoms in total. The summed E-state index contributed by atoms with van der Waals surface area (Å²) in [6, 6.07) is 0. The van der Waals surface area contributed by atoms with Crippen LogP contribution in [-0.2, 0) is 14.3 Å². The smallest absolute Gasteiger partial charge is 0.253 e. The first-order chi connectivity index (χ1) is 17.8. The van der Waals surface area contributed by atoms with E-state index < -0.39 is 11.8 Å². The summed E-state index contributed by atoms with van der Waals surface area (Å²) in [5, 5.41) is 12.4. The number of nitrogens with one attached hydrogen (secondary N) is 2. The second kappa shape index (κ2) is 19.7. The van der Waals surface area contributed by atoms with Crippen molar-refractivity contribution in [3.63, 3.8) is 0 Å². The lowest BCUT2D eigenvalue weighted by atomic mass is 10.0. The van der Waals surface area contributed by atoms with E-state index in [0.29, 0.717) is 29.9 Å². The Bertz CT molecular complexity index is 862. The number of rotatable bonds is 17. The predicted octanol–water partition coefficient (Wildman–Crippen LogP) is 3.46. The Labute approximate surface area is 225 Å². The summed E-state index contributed by atoms with van der Waals surface area (Å²) in [7, 11) is 0. The number of allylic oxidation sites excluding steroid dienone is 4. The Morgan fingerprint density at radius 1 is 1.16 bits per heavy atom. The first-order valence-corrected chi connectivity index (χ1v) is 13.8. The van der Waals surface area contributed by atoms with Crippen LogP contribution in [0.1, 0.15) is 46.5 Å². The predicted molar refractivity (Wildman–Crippen MR) is 151 cm³/mol. The minimum atomic E-state index is -0.540. The van der Waals surface area contributed by atoms with Gasteiger partial charge in [0.1, 0.15) is 0 Å². The number of amides is 2. The van der Waals surface area contributed by atoms with Crippen molar-refractivity contribution in [1.82, 2.24) is 15.5 Å². The Morgan fingerprint density at radius 2 is 1.89 bits per heavy atom. The molecule has 0 bridgehead atoms. The fourth-order valence-electron chi connectivity index (χ4n) is 3.64. The normalized spacial score (nSPS) is 16.5. The van der Waals surface area contributed by atoms with E-state index in [0.717, 1.165) is 69.6 Å². The minimum absolute atomic E-state index is 0.0250. The maximum atomic E-state index is 13.1. The van der Waals surface area contributed by atoms with E-state index in [9.17, 15) is 14.0 Å². The van der Waals surface area contributed by atoms with Gasteiger partial charge in [0.25, 0.3) is 5.91 Å². The third-order valence-electron chi connectivity index (χ3n) is 5.50. The number of unbranched alkanes of at least 4 members (excludes halogenated alkanes) is 1. The lowest BCUT2D eigenvalue weighted by Gasteiger charge is -2.26. The molecule has 6 N–H and O–H groups in total. The van der Waals surface area contributed by atoms with Crippen LogP contribution in [-0.4, -0.2) is 62.7 Å². The zero-order valence-electron chi connectivity index (χ0n) is 22.4. The topological polar surface area (TPSA) is 123 Å². The number of hydrogen-bond acceptors (Lipinski definition) is 7. The number of hydrogen-bond donors (Lipinski definition) is 4. The van der Waals surface area contributed by atoms with Gasteiger partial charge in [0, 0.05) is 32.6 Å². The number of carbonyl (C=O) groups is 2. The highest BCUT2D eigenvalue weighted by molar-refractivity contribution is 8.00. The monoisotopic (exact) mass is 537 g/mol. The molecule has 0 atom stereocenters. The summed E-state index contributed by atoms with van der Waals surface area (Å²) in [6.07, 6.45) is 12.1. The van der Waals surface area contributed by atoms with Crippen molar-refractivity contribution in [2.45, 2.75) is 46.5 Å². The van der Waals surface area contributed by atoms with Crippen LogP contribution in [0.25, 0.3) is 0 Å². The number of morpholine rings is 1. The van der Waals surface area contributed by atoms with Crippen molar-refractivity contribution in [1.29, 1.82) is 0 Å². The zero-order chi connectivity index (χ0) is 27.5. The van der Waals surface area contributed by atoms with Crippen LogP contribution in [0.4, 0.5) is 4.39 Å². The van der Waals surface area contributed by atoms with Gasteiger partial charge in [0.15, 0.2) is 0 Å². The van der Waals surface area contributed by atoms with Crippen molar-refractivity contribution in [3.05, 3.63) is 58.5 Å². The van der Waals surface area contributed by atoms with Crippen molar-refractivity contribution in [2.75, 3.05) is 45.9 Å². The van der Waals surface area contributed by atoms with Crippen LogP contribution in [0.15, 0.2) is 58.5 Å². The van der Waals surface area contributed by atoms with E-state index in [1.54, 1.807) is 12.2 Å². The van der Waals surface area contributed by atoms with Gasteiger partial charge in [-0.15, -0.1) is 0 Å². The van der Waals surface area contributed by atoms with Gasteiger partial charge in [-0.1, -0.05) is 57.6 Å². The largest absolute Gasteiger partial charge is 0.379 e. The van der Waals surface area contributed by atoms with E-state index in [1.807, 2.05) is 32.9 Å². The number of nitrogens with zero attached hydrogens (tertiary/aromatic N) is 1. The number of ether oxygens (including phenoxy) is 1. The van der Waals surface area contributed by atoms with Crippen LogP contribution in [0.5, 0.6) is 0 Å². The van der Waals surface area contributed by atoms with E-state index in [4.69, 9.17) is 15.6 Å². The molecule has 0 aromatic rings. The Hall–Kier alpha value is -2.40. The Balaban J connectivity index is 2.79. The molecule has 1 aliphatic rings. The molecule has 0 aliphatic carbocycles. The van der Waals surface area contributed by atoms with Crippen molar-refractivity contribution in [2.24, 2.45) is 16.8 Å². The molecule has 0 radical (unpaired) electrons. The number of halogens is 1. The lowest BCUT2D eigenvalue weighted by molar-refractivity contribution is -0.117. The second-order valence-electron chi connectivity index (χ2n) is 9.05. The van der Waals surface area contributed by atoms with E-state index >= 15 is 0 Å². The Kier molecular flexibility index (Phi) is 17.4. The molecular formula is C27H44FN5O3S. The average molecular weight is 538 g/mol. The van der Waals surface area contributed by atoms with Crippen LogP contribution in [0, 0.1) is 5.92 Å². The molecule has 0 spiro atoms. The van der Waals surface area contributed by atoms with Gasteiger partial charge in [-0.3, -0.25) is 19.6 Å². The first-order valence-electron chi connectivity index (χ1n) is 12.9. The summed E-state index contributed by atoms with van der Waals surface area (Å²) in [5.41, 5.74) is 6.97. The molecule has 1 saturated heterocycles. The van der Waals surface area contributed by atoms with Gasteiger partial charge < -0.3 is 21.1 Å². The molecule has 0 aromatic carbocycles. The number of carbonyl (C=O) groups excluding carboxylic acids is 2. The molecule has 0 saturated carbocycles. The summed E-state index contributed by atoms with van der Waals surface area (Å²) in [5.74, 6) is -0.806. The average Bonchev–Trinajstić information content (AvgIpc) is 2.88. The molecule has 10 heteroatoms. The maximum Gasteiger partial charge on any atom is 0.253 e. The lowest BCUT2D eigenvalue weighted by Crippen LogP contribution is -2.37. The maximum absolute atomic E-state index is 13.1. The molecule has 2 amide bonds. The first kappa shape index (κ1) is 32.6. The highest BCUT2D eigenvalue weighted by Gasteiger charge is 2.15. The summed E-state index contributed by atoms with van der Waals surface area (Å²) < 4.78 is 18.5. The van der Waals surface area contributed by atoms with Crippen molar-refractivity contribution < 1.29 is 18.7 Å². The summed E-state index contributed by atoms with van der Waals surface area (Å²) in [4.78, 5) is 26.9. The van der Waals surface area contributed by atoms with Crippen LogP contribution < -0.4 is 21.5 Å². The summed E-state index contributed by atoms with van der Waals surface area (Å²) in [6.45, 7) is 11.3. The molecule has 37 heavy (non-hydrogen) atoms. The molecular weight excluding hydrogens is 493 g/mol. The third kappa shape index (κ3) is 14.2. The SMILES string of the molecule is CCC/C=C\C(=C/F)C(=O)NC/C=C\C(=C/C(C)C)C/C(C(N)=O)=C(/NCCCN1CCOCC1)SN.